The van der Waals surface area contributed by atoms with Crippen LogP contribution in [0.5, 0.6) is 0 Å². The van der Waals surface area contributed by atoms with E-state index in [1.807, 2.05) is 19.1 Å². The van der Waals surface area contributed by atoms with E-state index in [-0.39, 0.29) is 5.78 Å². The highest BCUT2D eigenvalue weighted by Crippen LogP contribution is 2.18. The summed E-state index contributed by atoms with van der Waals surface area (Å²) < 4.78 is 0. The highest BCUT2D eigenvalue weighted by atomic mass is 35.5. The molecule has 2 aromatic carbocycles. The van der Waals surface area contributed by atoms with Gasteiger partial charge in [0, 0.05) is 17.0 Å². The number of Topliss-reactive ketones (excluding diaryl/α,β-unsaturated/α-hetero) is 1. The van der Waals surface area contributed by atoms with Crippen molar-refractivity contribution in [3.63, 3.8) is 0 Å². The summed E-state index contributed by atoms with van der Waals surface area (Å²) in [5, 5.41) is 0.654. The Bertz CT molecular complexity index is 585. The van der Waals surface area contributed by atoms with Crippen LogP contribution >= 0.6 is 11.6 Å². The predicted molar refractivity (Wildman–Crippen MR) is 80.0 cm³/mol. The summed E-state index contributed by atoms with van der Waals surface area (Å²) in [4.78, 5) is 12.1. The number of rotatable bonds is 4. The minimum Gasteiger partial charge on any atom is -0.294 e. The molecule has 2 aromatic rings. The first-order chi connectivity index (χ1) is 9.06. The number of aryl methyl sites for hydroxylation is 3. The quantitative estimate of drug-likeness (QED) is 0.733. The lowest BCUT2D eigenvalue weighted by Gasteiger charge is -2.04. The molecule has 0 amide bonds. The van der Waals surface area contributed by atoms with E-state index in [1.54, 1.807) is 6.07 Å². The van der Waals surface area contributed by atoms with Crippen molar-refractivity contribution in [1.29, 1.82) is 0 Å². The molecule has 0 saturated heterocycles. The molecule has 0 radical (unpaired) electrons. The van der Waals surface area contributed by atoms with Gasteiger partial charge < -0.3 is 0 Å². The molecule has 0 aliphatic carbocycles. The molecule has 0 atom stereocenters. The van der Waals surface area contributed by atoms with Crippen molar-refractivity contribution in [2.24, 2.45) is 0 Å². The second-order valence-corrected chi connectivity index (χ2v) is 5.28. The van der Waals surface area contributed by atoms with E-state index in [4.69, 9.17) is 11.6 Å². The van der Waals surface area contributed by atoms with Gasteiger partial charge >= 0.3 is 0 Å². The molecule has 0 bridgehead atoms. The molecule has 0 heterocycles. The van der Waals surface area contributed by atoms with Gasteiger partial charge in [-0.2, -0.15) is 0 Å². The Labute approximate surface area is 119 Å². The number of hydrogen-bond acceptors (Lipinski definition) is 1. The summed E-state index contributed by atoms with van der Waals surface area (Å²) >= 11 is 6.04. The number of benzene rings is 2. The van der Waals surface area contributed by atoms with E-state index >= 15 is 0 Å². The first-order valence-corrected chi connectivity index (χ1v) is 6.79. The van der Waals surface area contributed by atoms with Crippen LogP contribution in [0.3, 0.4) is 0 Å². The van der Waals surface area contributed by atoms with Gasteiger partial charge in [-0.05, 0) is 37.5 Å². The zero-order valence-corrected chi connectivity index (χ0v) is 12.0. The molecule has 19 heavy (non-hydrogen) atoms. The zero-order chi connectivity index (χ0) is 13.8. The van der Waals surface area contributed by atoms with Crippen LogP contribution in [0.4, 0.5) is 0 Å². The van der Waals surface area contributed by atoms with Crippen molar-refractivity contribution >= 4 is 17.4 Å². The maximum atomic E-state index is 12.1. The van der Waals surface area contributed by atoms with Crippen LogP contribution < -0.4 is 0 Å². The second kappa shape index (κ2) is 6.03. The average molecular weight is 273 g/mol. The molecule has 0 N–H and O–H groups in total. The van der Waals surface area contributed by atoms with Crippen LogP contribution in [-0.2, 0) is 6.42 Å². The summed E-state index contributed by atoms with van der Waals surface area (Å²) in [7, 11) is 0. The smallest absolute Gasteiger partial charge is 0.163 e. The first kappa shape index (κ1) is 13.8. The van der Waals surface area contributed by atoms with Crippen LogP contribution in [0.25, 0.3) is 0 Å². The number of carbonyl (C=O) groups is 1. The van der Waals surface area contributed by atoms with Crippen LogP contribution in [0.15, 0.2) is 42.5 Å². The van der Waals surface area contributed by atoms with Gasteiger partial charge in [-0.15, -0.1) is 0 Å². The SMILES string of the molecule is Cc1ccc(CCC(=O)c2ccc(C)c(Cl)c2)cc1. The normalized spacial score (nSPS) is 10.5. The molecule has 2 rings (SSSR count). The van der Waals surface area contributed by atoms with Crippen molar-refractivity contribution < 1.29 is 4.79 Å². The van der Waals surface area contributed by atoms with Crippen molar-refractivity contribution in [1.82, 2.24) is 0 Å². The third kappa shape index (κ3) is 3.68. The van der Waals surface area contributed by atoms with Gasteiger partial charge in [0.25, 0.3) is 0 Å². The van der Waals surface area contributed by atoms with Crippen LogP contribution in [0.1, 0.15) is 33.5 Å². The lowest BCUT2D eigenvalue weighted by atomic mass is 10.0. The molecule has 0 unspecified atom stereocenters. The molecule has 2 heteroatoms. The molecule has 0 aliphatic heterocycles. The van der Waals surface area contributed by atoms with Gasteiger partial charge in [0.1, 0.15) is 0 Å². The lowest BCUT2D eigenvalue weighted by Crippen LogP contribution is -2.01. The molecule has 0 saturated carbocycles. The Morgan fingerprint density at radius 3 is 2.37 bits per heavy atom. The highest BCUT2D eigenvalue weighted by Gasteiger charge is 2.07. The van der Waals surface area contributed by atoms with Crippen LogP contribution in [0.2, 0.25) is 5.02 Å². The average Bonchev–Trinajstić information content (AvgIpc) is 2.41. The lowest BCUT2D eigenvalue weighted by molar-refractivity contribution is 0.0983. The summed E-state index contributed by atoms with van der Waals surface area (Å²) in [5.41, 5.74) is 4.12. The van der Waals surface area contributed by atoms with Crippen LogP contribution in [0, 0.1) is 13.8 Å². The maximum absolute atomic E-state index is 12.1. The highest BCUT2D eigenvalue weighted by molar-refractivity contribution is 6.31. The minimum absolute atomic E-state index is 0.141. The Morgan fingerprint density at radius 1 is 1.05 bits per heavy atom. The zero-order valence-electron chi connectivity index (χ0n) is 11.2. The van der Waals surface area contributed by atoms with Crippen LogP contribution in [-0.4, -0.2) is 5.78 Å². The monoisotopic (exact) mass is 272 g/mol. The number of hydrogen-bond donors (Lipinski definition) is 0. The molecular formula is C17H17ClO. The summed E-state index contributed by atoms with van der Waals surface area (Å²) in [6.45, 7) is 3.99. The Balaban J connectivity index is 2.01. The molecule has 0 aromatic heterocycles. The van der Waals surface area contributed by atoms with E-state index in [1.165, 1.54) is 11.1 Å². The molecule has 0 aliphatic rings. The van der Waals surface area contributed by atoms with Gasteiger partial charge in [-0.3, -0.25) is 4.79 Å². The standard InChI is InChI=1S/C17H17ClO/c1-12-3-6-14(7-4-12)8-10-17(19)15-9-5-13(2)16(18)11-15/h3-7,9,11H,8,10H2,1-2H3. The van der Waals surface area contributed by atoms with Crippen molar-refractivity contribution in [2.75, 3.05) is 0 Å². The van der Waals surface area contributed by atoms with E-state index in [0.29, 0.717) is 17.0 Å². The van der Waals surface area contributed by atoms with Gasteiger partial charge in [0.2, 0.25) is 0 Å². The summed E-state index contributed by atoms with van der Waals surface area (Å²) in [6, 6.07) is 13.8. The van der Waals surface area contributed by atoms with Gasteiger partial charge in [-0.25, -0.2) is 0 Å². The predicted octanol–water partition coefficient (Wildman–Crippen LogP) is 4.77. The Hall–Kier alpha value is -1.60. The fourth-order valence-electron chi connectivity index (χ4n) is 1.92. The fourth-order valence-corrected chi connectivity index (χ4v) is 2.10. The Morgan fingerprint density at radius 2 is 1.74 bits per heavy atom. The maximum Gasteiger partial charge on any atom is 0.163 e. The minimum atomic E-state index is 0.141. The van der Waals surface area contributed by atoms with E-state index in [0.717, 1.165) is 12.0 Å². The fraction of sp³-hybridized carbons (Fsp3) is 0.235. The second-order valence-electron chi connectivity index (χ2n) is 4.87. The van der Waals surface area contributed by atoms with E-state index < -0.39 is 0 Å². The van der Waals surface area contributed by atoms with Crippen molar-refractivity contribution in [2.45, 2.75) is 26.7 Å². The topological polar surface area (TPSA) is 17.1 Å². The molecule has 1 nitrogen and oxygen atoms in total. The number of ketones is 1. The largest absolute Gasteiger partial charge is 0.294 e. The molecular weight excluding hydrogens is 256 g/mol. The van der Waals surface area contributed by atoms with E-state index in [2.05, 4.69) is 31.2 Å². The van der Waals surface area contributed by atoms with Gasteiger partial charge in [0.15, 0.2) is 5.78 Å². The summed E-state index contributed by atoms with van der Waals surface area (Å²) in [6.07, 6.45) is 1.28. The van der Waals surface area contributed by atoms with Gasteiger partial charge in [0.05, 0.1) is 0 Å². The number of carbonyl (C=O) groups excluding carboxylic acids is 1. The Kier molecular flexibility index (Phi) is 4.39. The van der Waals surface area contributed by atoms with Crippen molar-refractivity contribution in [3.05, 3.63) is 69.7 Å². The number of halogens is 1. The third-order valence-corrected chi connectivity index (χ3v) is 3.66. The third-order valence-electron chi connectivity index (χ3n) is 3.26. The first-order valence-electron chi connectivity index (χ1n) is 6.41. The molecule has 0 fully saturated rings. The van der Waals surface area contributed by atoms with Crippen molar-refractivity contribution in [3.8, 4) is 0 Å². The van der Waals surface area contributed by atoms with E-state index in [9.17, 15) is 4.79 Å². The van der Waals surface area contributed by atoms with Gasteiger partial charge in [-0.1, -0.05) is 53.6 Å². The molecule has 0 spiro atoms. The molecule has 98 valence electrons. The summed E-state index contributed by atoms with van der Waals surface area (Å²) in [5.74, 6) is 0.141.